The molecule has 0 saturated heterocycles. The zero-order chi connectivity index (χ0) is 21.0. The van der Waals surface area contributed by atoms with Gasteiger partial charge in [0.2, 0.25) is 0 Å². The van der Waals surface area contributed by atoms with E-state index in [2.05, 4.69) is 111 Å². The molecule has 0 atom stereocenters. The van der Waals surface area contributed by atoms with E-state index in [1.807, 2.05) is 6.08 Å². The van der Waals surface area contributed by atoms with Crippen LogP contribution in [-0.4, -0.2) is 0 Å². The Balaban J connectivity index is 1.50. The molecule has 0 aliphatic heterocycles. The summed E-state index contributed by atoms with van der Waals surface area (Å²) in [5.74, 6) is 0. The second-order valence-corrected chi connectivity index (χ2v) is 7.65. The molecule has 0 amide bonds. The summed E-state index contributed by atoms with van der Waals surface area (Å²) >= 11 is 0. The largest absolute Gasteiger partial charge is 0.103 e. The molecule has 0 aliphatic rings. The SMILES string of the molecule is C=CCCc1ccc(C/C=C/Cc2ccc(-c3ccc(/C=C/CC)cc3)cc2)cc1. The molecule has 3 aromatic carbocycles. The number of hydrogen-bond acceptors (Lipinski definition) is 0. The van der Waals surface area contributed by atoms with Crippen LogP contribution in [0.2, 0.25) is 0 Å². The first kappa shape index (κ1) is 21.6. The Morgan fingerprint density at radius 1 is 0.633 bits per heavy atom. The van der Waals surface area contributed by atoms with E-state index in [0.29, 0.717) is 0 Å². The Bertz CT molecular complexity index is 952. The van der Waals surface area contributed by atoms with Crippen molar-refractivity contribution in [3.63, 3.8) is 0 Å². The van der Waals surface area contributed by atoms with E-state index < -0.39 is 0 Å². The van der Waals surface area contributed by atoms with Crippen LogP contribution in [0.3, 0.4) is 0 Å². The first-order chi connectivity index (χ1) is 14.8. The molecule has 0 saturated carbocycles. The van der Waals surface area contributed by atoms with Gasteiger partial charge in [-0.25, -0.2) is 0 Å². The lowest BCUT2D eigenvalue weighted by Gasteiger charge is -2.04. The zero-order valence-corrected chi connectivity index (χ0v) is 18.1. The molecular weight excluding hydrogens is 360 g/mol. The van der Waals surface area contributed by atoms with Gasteiger partial charge in [0, 0.05) is 0 Å². The van der Waals surface area contributed by atoms with E-state index in [9.17, 15) is 0 Å². The lowest BCUT2D eigenvalue weighted by atomic mass is 10.0. The van der Waals surface area contributed by atoms with Crippen molar-refractivity contribution < 1.29 is 0 Å². The number of hydrogen-bond donors (Lipinski definition) is 0. The fourth-order valence-electron chi connectivity index (χ4n) is 3.42. The molecule has 3 aromatic rings. The van der Waals surface area contributed by atoms with Crippen LogP contribution in [0.15, 0.2) is 104 Å². The van der Waals surface area contributed by atoms with Gasteiger partial charge >= 0.3 is 0 Å². The third-order valence-corrected chi connectivity index (χ3v) is 5.28. The summed E-state index contributed by atoms with van der Waals surface area (Å²) in [6.07, 6.45) is 16.0. The second-order valence-electron chi connectivity index (χ2n) is 7.65. The molecule has 3 rings (SSSR count). The first-order valence-electron chi connectivity index (χ1n) is 11.0. The van der Waals surface area contributed by atoms with Crippen molar-refractivity contribution in [1.82, 2.24) is 0 Å². The summed E-state index contributed by atoms with van der Waals surface area (Å²) in [7, 11) is 0. The van der Waals surface area contributed by atoms with Crippen LogP contribution in [0.1, 0.15) is 42.0 Å². The number of aryl methyl sites for hydroxylation is 1. The molecule has 0 N–H and O–H groups in total. The lowest BCUT2D eigenvalue weighted by Crippen LogP contribution is -1.86. The van der Waals surface area contributed by atoms with Crippen molar-refractivity contribution >= 4 is 6.08 Å². The Morgan fingerprint density at radius 2 is 1.13 bits per heavy atom. The minimum atomic E-state index is 0.971. The summed E-state index contributed by atoms with van der Waals surface area (Å²) < 4.78 is 0. The van der Waals surface area contributed by atoms with Gasteiger partial charge < -0.3 is 0 Å². The molecule has 0 heteroatoms. The monoisotopic (exact) mass is 392 g/mol. The third kappa shape index (κ3) is 6.74. The topological polar surface area (TPSA) is 0 Å². The Kier molecular flexibility index (Phi) is 8.47. The molecule has 152 valence electrons. The van der Waals surface area contributed by atoms with Crippen molar-refractivity contribution in [2.45, 2.75) is 39.0 Å². The molecule has 0 nitrogen and oxygen atoms in total. The fraction of sp³-hybridized carbons (Fsp3) is 0.200. The van der Waals surface area contributed by atoms with Gasteiger partial charge in [-0.2, -0.15) is 0 Å². The van der Waals surface area contributed by atoms with Crippen molar-refractivity contribution in [3.05, 3.63) is 126 Å². The quantitative estimate of drug-likeness (QED) is 0.305. The molecule has 0 spiro atoms. The second kappa shape index (κ2) is 11.8. The van der Waals surface area contributed by atoms with E-state index in [1.165, 1.54) is 33.4 Å². The summed E-state index contributed by atoms with van der Waals surface area (Å²) in [6.45, 7) is 5.95. The van der Waals surface area contributed by atoms with E-state index in [4.69, 9.17) is 0 Å². The van der Waals surface area contributed by atoms with Crippen molar-refractivity contribution in [1.29, 1.82) is 0 Å². The lowest BCUT2D eigenvalue weighted by molar-refractivity contribution is 1.00. The Labute approximate surface area is 182 Å². The molecule has 0 aromatic heterocycles. The van der Waals surface area contributed by atoms with Crippen LogP contribution in [0.5, 0.6) is 0 Å². The normalized spacial score (nSPS) is 11.4. The molecule has 0 heterocycles. The summed E-state index contributed by atoms with van der Waals surface area (Å²) in [5, 5.41) is 0. The van der Waals surface area contributed by atoms with E-state index >= 15 is 0 Å². The van der Waals surface area contributed by atoms with Crippen LogP contribution in [0, 0.1) is 0 Å². The maximum absolute atomic E-state index is 3.79. The van der Waals surface area contributed by atoms with Crippen molar-refractivity contribution in [2.75, 3.05) is 0 Å². The predicted octanol–water partition coefficient (Wildman–Crippen LogP) is 8.24. The van der Waals surface area contributed by atoms with E-state index in [-0.39, 0.29) is 0 Å². The Hall–Kier alpha value is -3.12. The molecule has 0 fully saturated rings. The molecule has 0 radical (unpaired) electrons. The smallest absolute Gasteiger partial charge is 0.00973 e. The maximum atomic E-state index is 3.79. The minimum absolute atomic E-state index is 0.971. The molecule has 30 heavy (non-hydrogen) atoms. The summed E-state index contributed by atoms with van der Waals surface area (Å²) in [6, 6.07) is 26.6. The average Bonchev–Trinajstić information content (AvgIpc) is 2.81. The van der Waals surface area contributed by atoms with E-state index in [0.717, 1.165) is 32.1 Å². The van der Waals surface area contributed by atoms with Gasteiger partial charge in [0.15, 0.2) is 0 Å². The molecule has 0 aliphatic carbocycles. The van der Waals surface area contributed by atoms with Crippen LogP contribution in [0.4, 0.5) is 0 Å². The molecule has 0 unspecified atom stereocenters. The van der Waals surface area contributed by atoms with Crippen molar-refractivity contribution in [2.24, 2.45) is 0 Å². The highest BCUT2D eigenvalue weighted by Crippen LogP contribution is 2.21. The summed E-state index contributed by atoms with van der Waals surface area (Å²) in [5.41, 5.74) is 7.88. The van der Waals surface area contributed by atoms with Gasteiger partial charge in [-0.15, -0.1) is 6.58 Å². The maximum Gasteiger partial charge on any atom is -0.00973 e. The summed E-state index contributed by atoms with van der Waals surface area (Å²) in [4.78, 5) is 0. The van der Waals surface area contributed by atoms with Crippen LogP contribution < -0.4 is 0 Å². The van der Waals surface area contributed by atoms with Crippen LogP contribution in [-0.2, 0) is 19.3 Å². The number of allylic oxidation sites excluding steroid dienone is 4. The number of benzene rings is 3. The zero-order valence-electron chi connectivity index (χ0n) is 18.1. The molecule has 0 bridgehead atoms. The van der Waals surface area contributed by atoms with Crippen molar-refractivity contribution in [3.8, 4) is 11.1 Å². The third-order valence-electron chi connectivity index (χ3n) is 5.28. The van der Waals surface area contributed by atoms with Gasteiger partial charge in [0.05, 0.1) is 0 Å². The highest BCUT2D eigenvalue weighted by molar-refractivity contribution is 5.66. The van der Waals surface area contributed by atoms with Gasteiger partial charge in [-0.3, -0.25) is 0 Å². The highest BCUT2D eigenvalue weighted by atomic mass is 14.0. The molecular formula is C30H32. The standard InChI is InChI=1S/C30H32/c1-3-5-9-25-13-15-27(16-14-25)11-7-8-12-28-19-23-30(24-20-28)29-21-17-26(18-22-29)10-6-4-2/h3,6-8,10,13-24H,1,4-5,9,11-12H2,2H3/b8-7+,10-6+. The van der Waals surface area contributed by atoms with Crippen LogP contribution in [0.25, 0.3) is 17.2 Å². The van der Waals surface area contributed by atoms with Crippen LogP contribution >= 0.6 is 0 Å². The first-order valence-corrected chi connectivity index (χ1v) is 11.0. The van der Waals surface area contributed by atoms with Gasteiger partial charge in [-0.05, 0) is 65.5 Å². The fourth-order valence-corrected chi connectivity index (χ4v) is 3.42. The van der Waals surface area contributed by atoms with Gasteiger partial charge in [0.25, 0.3) is 0 Å². The minimum Gasteiger partial charge on any atom is -0.103 e. The Morgan fingerprint density at radius 3 is 1.67 bits per heavy atom. The average molecular weight is 393 g/mol. The van der Waals surface area contributed by atoms with Gasteiger partial charge in [-0.1, -0.05) is 110 Å². The highest BCUT2D eigenvalue weighted by Gasteiger charge is 1.98. The number of rotatable bonds is 10. The predicted molar refractivity (Wildman–Crippen MR) is 133 cm³/mol. The van der Waals surface area contributed by atoms with Gasteiger partial charge in [0.1, 0.15) is 0 Å². The van der Waals surface area contributed by atoms with E-state index in [1.54, 1.807) is 0 Å².